The van der Waals surface area contributed by atoms with Crippen molar-refractivity contribution in [3.63, 3.8) is 0 Å². The standard InChI is InChI=1S/C16H13BrF2N2O3/c1-3-23-16(22)12-7(2)24-15(21)9(6-20)13(12)14-10(17)4-8(18)5-11(14)19/h4-5,13H,3,21H2,1-2H3. The van der Waals surface area contributed by atoms with E-state index in [-0.39, 0.29) is 39.4 Å². The topological polar surface area (TPSA) is 85.3 Å². The molecule has 0 aliphatic carbocycles. The number of halogens is 3. The fraction of sp³-hybridized carbons (Fsp3) is 0.250. The Balaban J connectivity index is 2.75. The number of carbonyl (C=O) groups is 1. The predicted octanol–water partition coefficient (Wildman–Crippen LogP) is 3.37. The number of hydrogen-bond donors (Lipinski definition) is 1. The second-order valence-electron chi connectivity index (χ2n) is 4.90. The second-order valence-corrected chi connectivity index (χ2v) is 5.75. The van der Waals surface area contributed by atoms with Crippen LogP contribution in [0.5, 0.6) is 0 Å². The lowest BCUT2D eigenvalue weighted by molar-refractivity contribution is -0.139. The Hall–Kier alpha value is -2.40. The highest BCUT2D eigenvalue weighted by Crippen LogP contribution is 2.43. The number of esters is 1. The lowest BCUT2D eigenvalue weighted by Crippen LogP contribution is -2.26. The van der Waals surface area contributed by atoms with Gasteiger partial charge >= 0.3 is 5.97 Å². The second kappa shape index (κ2) is 7.01. The Morgan fingerprint density at radius 3 is 2.71 bits per heavy atom. The Kier molecular flexibility index (Phi) is 5.24. The van der Waals surface area contributed by atoms with Gasteiger partial charge in [-0.2, -0.15) is 5.26 Å². The number of nitrogens with two attached hydrogens (primary N) is 1. The first-order valence-corrected chi connectivity index (χ1v) is 7.71. The van der Waals surface area contributed by atoms with Crippen molar-refractivity contribution in [3.05, 3.63) is 56.6 Å². The molecule has 24 heavy (non-hydrogen) atoms. The minimum atomic E-state index is -1.17. The molecule has 0 saturated heterocycles. The molecule has 1 aromatic carbocycles. The summed E-state index contributed by atoms with van der Waals surface area (Å²) in [7, 11) is 0. The van der Waals surface area contributed by atoms with Crippen molar-refractivity contribution in [1.82, 2.24) is 0 Å². The van der Waals surface area contributed by atoms with Crippen molar-refractivity contribution in [1.29, 1.82) is 5.26 Å². The number of ether oxygens (including phenoxy) is 2. The van der Waals surface area contributed by atoms with E-state index < -0.39 is 23.5 Å². The highest BCUT2D eigenvalue weighted by molar-refractivity contribution is 9.10. The first-order chi connectivity index (χ1) is 11.3. The molecule has 8 heteroatoms. The normalized spacial score (nSPS) is 17.4. The predicted molar refractivity (Wildman–Crippen MR) is 84.0 cm³/mol. The molecule has 0 spiro atoms. The molecule has 0 aromatic heterocycles. The fourth-order valence-corrected chi connectivity index (χ4v) is 3.11. The van der Waals surface area contributed by atoms with E-state index in [0.29, 0.717) is 6.07 Å². The van der Waals surface area contributed by atoms with E-state index in [1.54, 1.807) is 6.92 Å². The number of nitrogens with zero attached hydrogens (tertiary/aromatic N) is 1. The quantitative estimate of drug-likeness (QED) is 0.788. The van der Waals surface area contributed by atoms with Crippen LogP contribution in [0.25, 0.3) is 0 Å². The molecule has 1 heterocycles. The SMILES string of the molecule is CCOC(=O)C1=C(C)OC(N)=C(C#N)C1c1c(F)cc(F)cc1Br. The van der Waals surface area contributed by atoms with Crippen LogP contribution in [0, 0.1) is 23.0 Å². The number of carbonyl (C=O) groups excluding carboxylic acids is 1. The number of allylic oxidation sites excluding steroid dienone is 2. The summed E-state index contributed by atoms with van der Waals surface area (Å²) >= 11 is 3.08. The highest BCUT2D eigenvalue weighted by atomic mass is 79.9. The van der Waals surface area contributed by atoms with E-state index in [0.717, 1.165) is 6.07 Å². The fourth-order valence-electron chi connectivity index (χ4n) is 2.47. The van der Waals surface area contributed by atoms with Crippen molar-refractivity contribution in [2.75, 3.05) is 6.61 Å². The summed E-state index contributed by atoms with van der Waals surface area (Å²) in [5.74, 6) is -3.82. The molecule has 1 aliphatic heterocycles. The van der Waals surface area contributed by atoms with Gasteiger partial charge in [0, 0.05) is 16.1 Å². The maximum absolute atomic E-state index is 14.4. The zero-order valence-electron chi connectivity index (χ0n) is 12.8. The Morgan fingerprint density at radius 2 is 2.17 bits per heavy atom. The van der Waals surface area contributed by atoms with Crippen LogP contribution >= 0.6 is 15.9 Å². The molecule has 2 N–H and O–H groups in total. The van der Waals surface area contributed by atoms with Crippen LogP contribution in [0.1, 0.15) is 25.3 Å². The lowest BCUT2D eigenvalue weighted by atomic mass is 9.83. The molecule has 0 fully saturated rings. The highest BCUT2D eigenvalue weighted by Gasteiger charge is 2.38. The third kappa shape index (κ3) is 3.12. The van der Waals surface area contributed by atoms with Gasteiger partial charge in [-0.25, -0.2) is 13.6 Å². The summed E-state index contributed by atoms with van der Waals surface area (Å²) in [6, 6.07) is 3.53. The van der Waals surface area contributed by atoms with Crippen molar-refractivity contribution in [2.45, 2.75) is 19.8 Å². The zero-order chi connectivity index (χ0) is 18.0. The third-order valence-electron chi connectivity index (χ3n) is 3.43. The van der Waals surface area contributed by atoms with E-state index >= 15 is 0 Å². The number of benzene rings is 1. The summed E-state index contributed by atoms with van der Waals surface area (Å²) in [6.45, 7) is 3.14. The van der Waals surface area contributed by atoms with Crippen molar-refractivity contribution < 1.29 is 23.0 Å². The van der Waals surface area contributed by atoms with Gasteiger partial charge in [-0.05, 0) is 19.9 Å². The maximum Gasteiger partial charge on any atom is 0.338 e. The lowest BCUT2D eigenvalue weighted by Gasteiger charge is -2.27. The van der Waals surface area contributed by atoms with Gasteiger partial charge in [0.1, 0.15) is 29.0 Å². The van der Waals surface area contributed by atoms with Crippen molar-refractivity contribution >= 4 is 21.9 Å². The molecule has 1 atom stereocenters. The van der Waals surface area contributed by atoms with E-state index in [1.807, 2.05) is 6.07 Å². The summed E-state index contributed by atoms with van der Waals surface area (Å²) in [5.41, 5.74) is 5.40. The summed E-state index contributed by atoms with van der Waals surface area (Å²) in [4.78, 5) is 12.3. The summed E-state index contributed by atoms with van der Waals surface area (Å²) in [6.07, 6.45) is 0. The summed E-state index contributed by atoms with van der Waals surface area (Å²) < 4.78 is 38.1. The van der Waals surface area contributed by atoms with Gasteiger partial charge in [-0.15, -0.1) is 0 Å². The van der Waals surface area contributed by atoms with E-state index in [1.165, 1.54) is 6.92 Å². The first kappa shape index (κ1) is 17.9. The van der Waals surface area contributed by atoms with Gasteiger partial charge in [0.05, 0.1) is 18.1 Å². The largest absolute Gasteiger partial charge is 0.463 e. The minimum absolute atomic E-state index is 0.0575. The van der Waals surface area contributed by atoms with Crippen molar-refractivity contribution in [3.8, 4) is 6.07 Å². The van der Waals surface area contributed by atoms with Gasteiger partial charge in [0.25, 0.3) is 0 Å². The van der Waals surface area contributed by atoms with E-state index in [4.69, 9.17) is 15.2 Å². The number of rotatable bonds is 3. The summed E-state index contributed by atoms with van der Waals surface area (Å²) in [5, 5.41) is 9.39. The molecule has 5 nitrogen and oxygen atoms in total. The maximum atomic E-state index is 14.4. The van der Waals surface area contributed by atoms with Crippen LogP contribution in [0.4, 0.5) is 8.78 Å². The van der Waals surface area contributed by atoms with Gasteiger partial charge in [0.15, 0.2) is 0 Å². The van der Waals surface area contributed by atoms with Crippen LogP contribution < -0.4 is 5.73 Å². The van der Waals surface area contributed by atoms with Gasteiger partial charge in [-0.1, -0.05) is 15.9 Å². The van der Waals surface area contributed by atoms with Crippen LogP contribution in [0.2, 0.25) is 0 Å². The molecule has 0 bridgehead atoms. The van der Waals surface area contributed by atoms with E-state index in [2.05, 4.69) is 15.9 Å². The smallest absolute Gasteiger partial charge is 0.338 e. The first-order valence-electron chi connectivity index (χ1n) is 6.91. The van der Waals surface area contributed by atoms with Crippen molar-refractivity contribution in [2.24, 2.45) is 5.73 Å². The minimum Gasteiger partial charge on any atom is -0.463 e. The average Bonchev–Trinajstić information content (AvgIpc) is 2.46. The Morgan fingerprint density at radius 1 is 1.50 bits per heavy atom. The molecule has 1 aliphatic rings. The molecular formula is C16H13BrF2N2O3. The molecule has 1 unspecified atom stereocenters. The van der Waals surface area contributed by atoms with Crippen LogP contribution in [-0.2, 0) is 14.3 Å². The van der Waals surface area contributed by atoms with Gasteiger partial charge < -0.3 is 15.2 Å². The molecule has 0 saturated carbocycles. The van der Waals surface area contributed by atoms with Crippen LogP contribution in [0.3, 0.4) is 0 Å². The average molecular weight is 399 g/mol. The molecule has 1 aromatic rings. The monoisotopic (exact) mass is 398 g/mol. The number of nitriles is 1. The van der Waals surface area contributed by atoms with Crippen LogP contribution in [-0.4, -0.2) is 12.6 Å². The molecule has 2 rings (SSSR count). The molecule has 0 amide bonds. The Labute approximate surface area is 145 Å². The van der Waals surface area contributed by atoms with Gasteiger partial charge in [-0.3, -0.25) is 0 Å². The van der Waals surface area contributed by atoms with Crippen LogP contribution in [0.15, 0.2) is 39.4 Å². The molecule has 0 radical (unpaired) electrons. The Bertz CT molecular complexity index is 789. The van der Waals surface area contributed by atoms with Gasteiger partial charge in [0.2, 0.25) is 5.88 Å². The van der Waals surface area contributed by atoms with E-state index in [9.17, 15) is 18.8 Å². The molecule has 126 valence electrons. The zero-order valence-corrected chi connectivity index (χ0v) is 14.4. The third-order valence-corrected chi connectivity index (χ3v) is 4.09. The molecular weight excluding hydrogens is 386 g/mol. The number of hydrogen-bond acceptors (Lipinski definition) is 5.